The van der Waals surface area contributed by atoms with Gasteiger partial charge in [-0.25, -0.2) is 0 Å². The maximum Gasteiger partial charge on any atom is 0.0378 e. The first-order valence-corrected chi connectivity index (χ1v) is 7.62. The molecule has 1 atom stereocenters. The van der Waals surface area contributed by atoms with Crippen molar-refractivity contribution in [2.45, 2.75) is 32.4 Å². The van der Waals surface area contributed by atoms with Crippen LogP contribution >= 0.6 is 15.9 Å². The average Bonchev–Trinajstić information content (AvgIpc) is 2.32. The number of piperazine rings is 1. The molecule has 0 bridgehead atoms. The molecule has 1 fully saturated rings. The molecule has 1 aliphatic heterocycles. The first-order chi connectivity index (χ1) is 8.81. The van der Waals surface area contributed by atoms with E-state index < -0.39 is 0 Å². The van der Waals surface area contributed by atoms with Crippen LogP contribution in [-0.2, 0) is 0 Å². The molecular weight excluding hydrogens is 302 g/mol. The van der Waals surface area contributed by atoms with Crippen molar-refractivity contribution in [3.05, 3.63) is 28.2 Å². The Morgan fingerprint density at radius 1 is 1.32 bits per heavy atom. The van der Waals surface area contributed by atoms with Gasteiger partial charge in [0.15, 0.2) is 0 Å². The van der Waals surface area contributed by atoms with E-state index in [-0.39, 0.29) is 11.6 Å². The summed E-state index contributed by atoms with van der Waals surface area (Å²) in [6, 6.07) is 6.58. The third-order valence-corrected chi connectivity index (χ3v) is 4.84. The lowest BCUT2D eigenvalue weighted by Gasteiger charge is -2.46. The molecule has 1 aliphatic rings. The van der Waals surface area contributed by atoms with Crippen LogP contribution in [0.25, 0.3) is 0 Å². The summed E-state index contributed by atoms with van der Waals surface area (Å²) in [4.78, 5) is 4.88. The third kappa shape index (κ3) is 3.12. The number of nitrogens with two attached hydrogens (primary N) is 1. The lowest BCUT2D eigenvalue weighted by molar-refractivity contribution is 0.139. The lowest BCUT2D eigenvalue weighted by Crippen LogP contribution is -2.57. The molecule has 2 N–H and O–H groups in total. The molecule has 1 aromatic rings. The molecule has 2 rings (SSSR count). The molecule has 0 radical (unpaired) electrons. The second-order valence-electron chi connectivity index (χ2n) is 6.15. The molecular formula is C15H24BrN3. The number of halogens is 1. The lowest BCUT2D eigenvalue weighted by atomic mass is 9.99. The van der Waals surface area contributed by atoms with Gasteiger partial charge in [-0.15, -0.1) is 0 Å². The average molecular weight is 326 g/mol. The summed E-state index contributed by atoms with van der Waals surface area (Å²) in [5, 5.41) is 0. The molecule has 19 heavy (non-hydrogen) atoms. The highest BCUT2D eigenvalue weighted by Crippen LogP contribution is 2.30. The Morgan fingerprint density at radius 3 is 2.53 bits per heavy atom. The highest BCUT2D eigenvalue weighted by molar-refractivity contribution is 9.10. The van der Waals surface area contributed by atoms with Crippen LogP contribution in [0.15, 0.2) is 22.7 Å². The molecule has 1 saturated heterocycles. The van der Waals surface area contributed by atoms with Crippen molar-refractivity contribution >= 4 is 21.6 Å². The Balaban J connectivity index is 2.21. The van der Waals surface area contributed by atoms with Gasteiger partial charge >= 0.3 is 0 Å². The van der Waals surface area contributed by atoms with Crippen molar-refractivity contribution in [3.63, 3.8) is 0 Å². The quantitative estimate of drug-likeness (QED) is 0.907. The van der Waals surface area contributed by atoms with E-state index in [1.807, 2.05) is 6.92 Å². The van der Waals surface area contributed by atoms with E-state index in [1.54, 1.807) is 0 Å². The van der Waals surface area contributed by atoms with E-state index >= 15 is 0 Å². The Hall–Kier alpha value is -0.580. The molecule has 106 valence electrons. The minimum Gasteiger partial charge on any atom is -0.368 e. The summed E-state index contributed by atoms with van der Waals surface area (Å²) in [7, 11) is 2.20. The third-order valence-electron chi connectivity index (χ3n) is 4.16. The SMILES string of the molecule is CC(N)c1ccc(N2CCN(C)C(C)(C)C2)cc1Br. The minimum absolute atomic E-state index is 0.0624. The predicted octanol–water partition coefficient (Wildman–Crippen LogP) is 3.00. The van der Waals surface area contributed by atoms with E-state index in [9.17, 15) is 0 Å². The van der Waals surface area contributed by atoms with Crippen LogP contribution in [0.2, 0.25) is 0 Å². The zero-order chi connectivity index (χ0) is 14.2. The standard InChI is InChI=1S/C15H24BrN3/c1-11(17)13-6-5-12(9-14(13)16)19-8-7-18(4)15(2,3)10-19/h5-6,9,11H,7-8,10,17H2,1-4H3. The first-order valence-electron chi connectivity index (χ1n) is 6.82. The summed E-state index contributed by atoms with van der Waals surface area (Å²) in [5.74, 6) is 0. The maximum absolute atomic E-state index is 5.95. The smallest absolute Gasteiger partial charge is 0.0378 e. The Morgan fingerprint density at radius 2 is 2.00 bits per heavy atom. The molecule has 0 aliphatic carbocycles. The highest BCUT2D eigenvalue weighted by Gasteiger charge is 2.31. The van der Waals surface area contributed by atoms with Gasteiger partial charge in [-0.1, -0.05) is 22.0 Å². The van der Waals surface area contributed by atoms with Gasteiger partial charge in [-0.3, -0.25) is 4.90 Å². The Bertz CT molecular complexity index is 457. The second kappa shape index (κ2) is 5.43. The fourth-order valence-corrected chi connectivity index (χ4v) is 3.27. The zero-order valence-corrected chi connectivity index (χ0v) is 13.9. The zero-order valence-electron chi connectivity index (χ0n) is 12.3. The van der Waals surface area contributed by atoms with Gasteiger partial charge in [0.05, 0.1) is 0 Å². The predicted molar refractivity (Wildman–Crippen MR) is 85.7 cm³/mol. The van der Waals surface area contributed by atoms with Crippen molar-refractivity contribution in [2.24, 2.45) is 5.73 Å². The van der Waals surface area contributed by atoms with Gasteiger partial charge in [0.2, 0.25) is 0 Å². The second-order valence-corrected chi connectivity index (χ2v) is 7.00. The fourth-order valence-electron chi connectivity index (χ4n) is 2.54. The molecule has 0 aromatic heterocycles. The van der Waals surface area contributed by atoms with Crippen molar-refractivity contribution in [3.8, 4) is 0 Å². The normalized spacial score (nSPS) is 21.5. The van der Waals surface area contributed by atoms with E-state index in [0.29, 0.717) is 0 Å². The monoisotopic (exact) mass is 325 g/mol. The van der Waals surface area contributed by atoms with Crippen molar-refractivity contribution in [2.75, 3.05) is 31.6 Å². The van der Waals surface area contributed by atoms with E-state index in [2.05, 4.69) is 64.8 Å². The van der Waals surface area contributed by atoms with Gasteiger partial charge in [-0.05, 0) is 45.5 Å². The first kappa shape index (κ1) is 14.8. The van der Waals surface area contributed by atoms with Crippen LogP contribution in [0.5, 0.6) is 0 Å². The topological polar surface area (TPSA) is 32.5 Å². The summed E-state index contributed by atoms with van der Waals surface area (Å²) < 4.78 is 1.11. The van der Waals surface area contributed by atoms with Gasteiger partial charge in [0.25, 0.3) is 0 Å². The van der Waals surface area contributed by atoms with E-state index in [0.717, 1.165) is 29.7 Å². The van der Waals surface area contributed by atoms with Gasteiger partial charge in [0, 0.05) is 41.4 Å². The number of benzene rings is 1. The van der Waals surface area contributed by atoms with Crippen LogP contribution in [0.4, 0.5) is 5.69 Å². The van der Waals surface area contributed by atoms with Crippen LogP contribution in [0, 0.1) is 0 Å². The number of hydrogen-bond donors (Lipinski definition) is 1. The molecule has 0 saturated carbocycles. The van der Waals surface area contributed by atoms with Crippen LogP contribution in [0.3, 0.4) is 0 Å². The molecule has 0 amide bonds. The highest BCUT2D eigenvalue weighted by atomic mass is 79.9. The largest absolute Gasteiger partial charge is 0.368 e. The minimum atomic E-state index is 0.0624. The summed E-state index contributed by atoms with van der Waals surface area (Å²) in [6.07, 6.45) is 0. The molecule has 4 heteroatoms. The summed E-state index contributed by atoms with van der Waals surface area (Å²) in [6.45, 7) is 9.82. The van der Waals surface area contributed by atoms with Gasteiger partial charge in [-0.2, -0.15) is 0 Å². The number of anilines is 1. The molecule has 1 aromatic carbocycles. The van der Waals surface area contributed by atoms with Crippen molar-refractivity contribution in [1.29, 1.82) is 0 Å². The maximum atomic E-state index is 5.95. The van der Waals surface area contributed by atoms with E-state index in [1.165, 1.54) is 5.69 Å². The van der Waals surface area contributed by atoms with Crippen LogP contribution < -0.4 is 10.6 Å². The Kier molecular flexibility index (Phi) is 4.23. The molecule has 3 nitrogen and oxygen atoms in total. The Labute approximate surface area is 124 Å². The molecule has 0 spiro atoms. The van der Waals surface area contributed by atoms with Crippen LogP contribution in [-0.4, -0.2) is 37.1 Å². The van der Waals surface area contributed by atoms with Crippen molar-refractivity contribution < 1.29 is 0 Å². The van der Waals surface area contributed by atoms with E-state index in [4.69, 9.17) is 5.73 Å². The number of hydrogen-bond acceptors (Lipinski definition) is 3. The van der Waals surface area contributed by atoms with Crippen LogP contribution in [0.1, 0.15) is 32.4 Å². The number of rotatable bonds is 2. The van der Waals surface area contributed by atoms with Gasteiger partial charge in [0.1, 0.15) is 0 Å². The van der Waals surface area contributed by atoms with Crippen molar-refractivity contribution in [1.82, 2.24) is 4.90 Å². The van der Waals surface area contributed by atoms with Gasteiger partial charge < -0.3 is 10.6 Å². The fraction of sp³-hybridized carbons (Fsp3) is 0.600. The summed E-state index contributed by atoms with van der Waals surface area (Å²) in [5.41, 5.74) is 8.61. The molecule has 1 unspecified atom stereocenters. The molecule has 1 heterocycles. The number of likely N-dealkylation sites (N-methyl/N-ethyl adjacent to an activating group) is 1. The number of nitrogens with zero attached hydrogens (tertiary/aromatic N) is 2. The summed E-state index contributed by atoms with van der Waals surface area (Å²) >= 11 is 3.64.